The monoisotopic (exact) mass is 276 g/mol. The number of nitrogens with zero attached hydrogens (tertiary/aromatic N) is 2. The predicted octanol–water partition coefficient (Wildman–Crippen LogP) is 2.61. The molecule has 20 heavy (non-hydrogen) atoms. The maximum absolute atomic E-state index is 12.0. The minimum Gasteiger partial charge on any atom is -0.456 e. The van der Waals surface area contributed by atoms with Crippen molar-refractivity contribution in [1.29, 1.82) is 0 Å². The first-order chi connectivity index (χ1) is 9.31. The highest BCUT2D eigenvalue weighted by Crippen LogP contribution is 2.18. The lowest BCUT2D eigenvalue weighted by atomic mass is 10.1. The Morgan fingerprint density at radius 3 is 2.55 bits per heavy atom. The van der Waals surface area contributed by atoms with Gasteiger partial charge in [-0.3, -0.25) is 0 Å². The second-order valence-corrected chi connectivity index (χ2v) is 5.30. The van der Waals surface area contributed by atoms with Crippen LogP contribution in [0.3, 0.4) is 0 Å². The lowest BCUT2D eigenvalue weighted by Gasteiger charge is -2.19. The van der Waals surface area contributed by atoms with Crippen LogP contribution in [0.5, 0.6) is 0 Å². The van der Waals surface area contributed by atoms with Crippen LogP contribution in [0.25, 0.3) is 10.9 Å². The number of aromatic nitrogens is 2. The van der Waals surface area contributed by atoms with Crippen LogP contribution in [0.2, 0.25) is 0 Å². The first kappa shape index (κ1) is 14.0. The Kier molecular flexibility index (Phi) is 3.48. The van der Waals surface area contributed by atoms with E-state index in [1.54, 1.807) is 39.0 Å². The number of hydrogen-bond acceptors (Lipinski definition) is 5. The van der Waals surface area contributed by atoms with Gasteiger partial charge in [-0.25, -0.2) is 9.59 Å². The molecule has 0 amide bonds. The third-order valence-electron chi connectivity index (χ3n) is 2.55. The second-order valence-electron chi connectivity index (χ2n) is 5.30. The maximum atomic E-state index is 12.0. The van der Waals surface area contributed by atoms with Gasteiger partial charge in [0.25, 0.3) is 0 Å². The molecule has 106 valence electrons. The molecular formula is C14H16N2O4. The second kappa shape index (κ2) is 4.96. The summed E-state index contributed by atoms with van der Waals surface area (Å²) in [7, 11) is 1.28. The standard InChI is InChI=1S/C14H16N2O4/c1-14(2,3)20-12(17)9-5-6-11-10(7-9)8-15-16(11)13(18)19-4/h5-8H,1-4H3. The Hall–Kier alpha value is -2.37. The number of carbonyl (C=O) groups excluding carboxylic acids is 2. The van der Waals surface area contributed by atoms with E-state index in [1.807, 2.05) is 0 Å². The summed E-state index contributed by atoms with van der Waals surface area (Å²) >= 11 is 0. The zero-order valence-corrected chi connectivity index (χ0v) is 11.8. The van der Waals surface area contributed by atoms with E-state index in [4.69, 9.17) is 4.74 Å². The van der Waals surface area contributed by atoms with Crippen molar-refractivity contribution in [3.05, 3.63) is 30.0 Å². The summed E-state index contributed by atoms with van der Waals surface area (Å²) in [5.41, 5.74) is 0.434. The molecule has 1 aromatic heterocycles. The van der Waals surface area contributed by atoms with E-state index in [0.29, 0.717) is 16.5 Å². The Bertz CT molecular complexity index is 667. The molecule has 0 radical (unpaired) electrons. The summed E-state index contributed by atoms with van der Waals surface area (Å²) < 4.78 is 11.0. The average Bonchev–Trinajstić information content (AvgIpc) is 2.78. The third kappa shape index (κ3) is 2.79. The van der Waals surface area contributed by atoms with Gasteiger partial charge in [0.05, 0.1) is 24.4 Å². The summed E-state index contributed by atoms with van der Waals surface area (Å²) in [6.45, 7) is 5.41. The highest BCUT2D eigenvalue weighted by molar-refractivity contribution is 5.96. The Morgan fingerprint density at radius 1 is 1.25 bits per heavy atom. The van der Waals surface area contributed by atoms with Crippen LogP contribution >= 0.6 is 0 Å². The number of benzene rings is 1. The molecule has 0 bridgehead atoms. The topological polar surface area (TPSA) is 70.4 Å². The third-order valence-corrected chi connectivity index (χ3v) is 2.55. The van der Waals surface area contributed by atoms with Gasteiger partial charge in [0.1, 0.15) is 5.60 Å². The molecule has 0 saturated carbocycles. The number of hydrogen-bond donors (Lipinski definition) is 0. The molecule has 2 aromatic rings. The number of fused-ring (bicyclic) bond motifs is 1. The van der Waals surface area contributed by atoms with E-state index >= 15 is 0 Å². The van der Waals surface area contributed by atoms with E-state index in [9.17, 15) is 9.59 Å². The number of esters is 1. The van der Waals surface area contributed by atoms with Crippen molar-refractivity contribution in [2.24, 2.45) is 0 Å². The largest absolute Gasteiger partial charge is 0.456 e. The van der Waals surface area contributed by atoms with Gasteiger partial charge >= 0.3 is 12.1 Å². The highest BCUT2D eigenvalue weighted by Gasteiger charge is 2.19. The van der Waals surface area contributed by atoms with Gasteiger partial charge in [-0.1, -0.05) is 0 Å². The molecule has 6 nitrogen and oxygen atoms in total. The molecular weight excluding hydrogens is 260 g/mol. The van der Waals surface area contributed by atoms with Gasteiger partial charge in [-0.2, -0.15) is 9.78 Å². The van der Waals surface area contributed by atoms with Crippen LogP contribution in [0, 0.1) is 0 Å². The van der Waals surface area contributed by atoms with Crippen LogP contribution in [0.1, 0.15) is 31.1 Å². The van der Waals surface area contributed by atoms with Gasteiger partial charge in [0, 0.05) is 5.39 Å². The van der Waals surface area contributed by atoms with Crippen LogP contribution < -0.4 is 0 Å². The molecule has 2 rings (SSSR count). The van der Waals surface area contributed by atoms with Crippen molar-refractivity contribution >= 4 is 23.0 Å². The summed E-state index contributed by atoms with van der Waals surface area (Å²) in [4.78, 5) is 23.4. The van der Waals surface area contributed by atoms with E-state index in [2.05, 4.69) is 9.84 Å². The van der Waals surface area contributed by atoms with Gasteiger partial charge in [-0.05, 0) is 39.0 Å². The van der Waals surface area contributed by atoms with Crippen LogP contribution in [-0.2, 0) is 9.47 Å². The summed E-state index contributed by atoms with van der Waals surface area (Å²) in [6.07, 6.45) is 0.921. The molecule has 0 atom stereocenters. The van der Waals surface area contributed by atoms with Gasteiger partial charge in [0.2, 0.25) is 0 Å². The van der Waals surface area contributed by atoms with Gasteiger partial charge in [0.15, 0.2) is 0 Å². The molecule has 0 aliphatic carbocycles. The summed E-state index contributed by atoms with van der Waals surface area (Å²) in [6, 6.07) is 4.87. The SMILES string of the molecule is COC(=O)n1ncc2cc(C(=O)OC(C)(C)C)ccc21. The normalized spacial score (nSPS) is 11.4. The molecule has 6 heteroatoms. The van der Waals surface area contributed by atoms with Crippen LogP contribution in [0.15, 0.2) is 24.4 Å². The zero-order valence-electron chi connectivity index (χ0n) is 11.8. The molecule has 0 aliphatic rings. The van der Waals surface area contributed by atoms with Gasteiger partial charge in [-0.15, -0.1) is 0 Å². The van der Waals surface area contributed by atoms with Crippen molar-refractivity contribution in [3.63, 3.8) is 0 Å². The van der Waals surface area contributed by atoms with E-state index in [-0.39, 0.29) is 0 Å². The molecule has 0 unspecified atom stereocenters. The fourth-order valence-corrected chi connectivity index (χ4v) is 1.73. The minimum atomic E-state index is -0.579. The Balaban J connectivity index is 2.36. The first-order valence-electron chi connectivity index (χ1n) is 6.11. The van der Waals surface area contributed by atoms with Crippen molar-refractivity contribution < 1.29 is 19.1 Å². The van der Waals surface area contributed by atoms with Crippen molar-refractivity contribution in [3.8, 4) is 0 Å². The molecule has 0 fully saturated rings. The molecule has 0 spiro atoms. The smallest absolute Gasteiger partial charge is 0.434 e. The zero-order chi connectivity index (χ0) is 14.9. The van der Waals surface area contributed by atoms with E-state index in [0.717, 1.165) is 4.68 Å². The molecule has 1 aromatic carbocycles. The molecule has 0 saturated heterocycles. The molecule has 1 heterocycles. The van der Waals surface area contributed by atoms with E-state index < -0.39 is 17.7 Å². The predicted molar refractivity (Wildman–Crippen MR) is 72.7 cm³/mol. The number of carbonyl (C=O) groups is 2. The van der Waals surface area contributed by atoms with Crippen molar-refractivity contribution in [2.75, 3.05) is 7.11 Å². The van der Waals surface area contributed by atoms with Gasteiger partial charge < -0.3 is 9.47 Å². The van der Waals surface area contributed by atoms with Crippen molar-refractivity contribution in [1.82, 2.24) is 9.78 Å². The minimum absolute atomic E-state index is 0.412. The fourth-order valence-electron chi connectivity index (χ4n) is 1.73. The number of methoxy groups -OCH3 is 1. The Morgan fingerprint density at radius 2 is 1.95 bits per heavy atom. The highest BCUT2D eigenvalue weighted by atomic mass is 16.6. The number of ether oxygens (including phenoxy) is 2. The quantitative estimate of drug-likeness (QED) is 0.749. The van der Waals surface area contributed by atoms with Crippen molar-refractivity contribution in [2.45, 2.75) is 26.4 Å². The molecule has 0 aliphatic heterocycles. The average molecular weight is 276 g/mol. The molecule has 0 N–H and O–H groups in total. The van der Waals surface area contributed by atoms with E-state index in [1.165, 1.54) is 13.3 Å². The van der Waals surface area contributed by atoms with Crippen LogP contribution in [0.4, 0.5) is 4.79 Å². The first-order valence-corrected chi connectivity index (χ1v) is 6.11. The maximum Gasteiger partial charge on any atom is 0.434 e. The lowest BCUT2D eigenvalue weighted by molar-refractivity contribution is 0.00697. The fraction of sp³-hybridized carbons (Fsp3) is 0.357. The number of rotatable bonds is 1. The van der Waals surface area contributed by atoms with Crippen LogP contribution in [-0.4, -0.2) is 34.6 Å². The summed E-state index contributed by atoms with van der Waals surface area (Å²) in [5.74, 6) is -0.412. The summed E-state index contributed by atoms with van der Waals surface area (Å²) in [5, 5.41) is 4.60. The Labute approximate surface area is 116 Å². The lowest BCUT2D eigenvalue weighted by Crippen LogP contribution is -2.23.